The standard InChI is InChI=1S/C45H9F18N7/c46-40(47,48)22-3-18(4-23(8-22)41(49,50)51)31-26(14-68)36-28(16-70)37-27(15-69)32(19-5-24(42(52,53)54)9-25(6-19)43(55,56)57)35(21(12-66)13-67)39(37)33(38(36)34(31)20(10-64)11-65)17-1-2-29(44(58,59)60)30(7-17)45(61,62)63/h1-9H. The van der Waals surface area contributed by atoms with Crippen LogP contribution in [0.25, 0.3) is 44.6 Å². The fourth-order valence-corrected chi connectivity index (χ4v) is 7.86. The van der Waals surface area contributed by atoms with Crippen molar-refractivity contribution in [3.05, 3.63) is 138 Å². The molecule has 0 fully saturated rings. The minimum atomic E-state index is -6.06. The highest BCUT2D eigenvalue weighted by atomic mass is 19.4. The Bertz CT molecular complexity index is 3180. The van der Waals surface area contributed by atoms with Crippen molar-refractivity contribution in [2.75, 3.05) is 0 Å². The first-order valence-corrected chi connectivity index (χ1v) is 18.2. The number of nitrogens with zero attached hydrogens (tertiary/aromatic N) is 7. The van der Waals surface area contributed by atoms with E-state index in [-0.39, 0.29) is 42.5 Å². The zero-order chi connectivity index (χ0) is 52.6. The molecule has 0 saturated carbocycles. The fourth-order valence-electron chi connectivity index (χ4n) is 7.86. The topological polar surface area (TPSA) is 167 Å². The molecule has 4 aromatic carbocycles. The maximum Gasteiger partial charge on any atom is 0.417 e. The summed E-state index contributed by atoms with van der Waals surface area (Å²) in [5.41, 5.74) is -36.7. The maximum atomic E-state index is 14.7. The first-order valence-electron chi connectivity index (χ1n) is 18.2. The molecule has 350 valence electrons. The van der Waals surface area contributed by atoms with Crippen molar-refractivity contribution in [2.45, 2.75) is 37.1 Å². The van der Waals surface area contributed by atoms with Gasteiger partial charge in [0.05, 0.1) is 50.1 Å². The van der Waals surface area contributed by atoms with Crippen LogP contribution >= 0.6 is 0 Å². The monoisotopic (exact) mass is 989 g/mol. The number of nitriles is 7. The Balaban J connectivity index is 2.05. The van der Waals surface area contributed by atoms with E-state index in [9.17, 15) is 116 Å². The molecule has 0 N–H and O–H groups in total. The summed E-state index contributed by atoms with van der Waals surface area (Å²) in [6.07, 6.45) is -34.8. The van der Waals surface area contributed by atoms with Gasteiger partial charge in [0, 0.05) is 44.5 Å². The van der Waals surface area contributed by atoms with Crippen molar-refractivity contribution in [1.29, 1.82) is 36.8 Å². The van der Waals surface area contributed by atoms with Crippen molar-refractivity contribution in [3.8, 4) is 53.6 Å². The van der Waals surface area contributed by atoms with Crippen molar-refractivity contribution < 1.29 is 79.0 Å². The molecular formula is C45H9F18N7. The van der Waals surface area contributed by atoms with E-state index in [1.165, 1.54) is 42.5 Å². The summed E-state index contributed by atoms with van der Waals surface area (Å²) in [7, 11) is 0. The second-order valence-electron chi connectivity index (χ2n) is 14.4. The van der Waals surface area contributed by atoms with Crippen LogP contribution in [0.4, 0.5) is 79.0 Å². The third-order valence-electron chi connectivity index (χ3n) is 10.5. The van der Waals surface area contributed by atoms with E-state index in [2.05, 4.69) is 0 Å². The Morgan fingerprint density at radius 1 is 0.329 bits per heavy atom. The van der Waals surface area contributed by atoms with Gasteiger partial charge >= 0.3 is 37.1 Å². The van der Waals surface area contributed by atoms with Gasteiger partial charge in [-0.3, -0.25) is 0 Å². The molecule has 0 bridgehead atoms. The molecule has 25 heteroatoms. The number of halogens is 18. The zero-order valence-electron chi connectivity index (χ0n) is 33.1. The highest BCUT2D eigenvalue weighted by Crippen LogP contribution is 2.61. The van der Waals surface area contributed by atoms with Crippen molar-refractivity contribution in [1.82, 2.24) is 0 Å². The minimum Gasteiger partial charge on any atom is -0.192 e. The van der Waals surface area contributed by atoms with Crippen molar-refractivity contribution in [3.63, 3.8) is 0 Å². The number of allylic oxidation sites excluding steroid dienone is 8. The van der Waals surface area contributed by atoms with Crippen LogP contribution in [-0.2, 0) is 37.1 Å². The van der Waals surface area contributed by atoms with Gasteiger partial charge in [0.15, 0.2) is 0 Å². The summed E-state index contributed by atoms with van der Waals surface area (Å²) in [5, 5.41) is 73.4. The number of alkyl halides is 18. The molecule has 0 unspecified atom stereocenters. The third kappa shape index (κ3) is 8.37. The molecule has 2 aliphatic rings. The number of fused-ring (bicyclic) bond motifs is 2. The molecule has 0 saturated heterocycles. The summed E-state index contributed by atoms with van der Waals surface area (Å²) in [6, 6.07) is 7.11. The highest BCUT2D eigenvalue weighted by molar-refractivity contribution is 6.33. The first kappa shape index (κ1) is 50.4. The summed E-state index contributed by atoms with van der Waals surface area (Å²) in [4.78, 5) is 0. The molecule has 0 aromatic heterocycles. The van der Waals surface area contributed by atoms with Gasteiger partial charge in [-0.05, 0) is 70.8 Å². The second kappa shape index (κ2) is 16.7. The Morgan fingerprint density at radius 2 is 0.657 bits per heavy atom. The predicted octanol–water partition coefficient (Wildman–Crippen LogP) is 13.8. The number of hydrogen-bond donors (Lipinski definition) is 0. The van der Waals surface area contributed by atoms with E-state index in [1.807, 2.05) is 0 Å². The maximum absolute atomic E-state index is 14.7. The summed E-state index contributed by atoms with van der Waals surface area (Å²) in [5.74, 6) is 0. The molecule has 0 atom stereocenters. The van der Waals surface area contributed by atoms with Crippen molar-refractivity contribution in [2.24, 2.45) is 0 Å². The first-order chi connectivity index (χ1) is 32.2. The van der Waals surface area contributed by atoms with Gasteiger partial charge in [-0.1, -0.05) is 6.07 Å². The predicted molar refractivity (Wildman–Crippen MR) is 201 cm³/mol. The molecule has 2 aliphatic carbocycles. The largest absolute Gasteiger partial charge is 0.417 e. The van der Waals surface area contributed by atoms with Crippen LogP contribution in [0.1, 0.15) is 72.3 Å². The molecule has 70 heavy (non-hydrogen) atoms. The highest BCUT2D eigenvalue weighted by Gasteiger charge is 2.48. The van der Waals surface area contributed by atoms with E-state index in [4.69, 9.17) is 0 Å². The summed E-state index contributed by atoms with van der Waals surface area (Å²) >= 11 is 0. The summed E-state index contributed by atoms with van der Waals surface area (Å²) < 4.78 is 258. The van der Waals surface area contributed by atoms with Crippen molar-refractivity contribution >= 4 is 33.4 Å². The van der Waals surface area contributed by atoms with Crippen LogP contribution in [0.3, 0.4) is 0 Å². The van der Waals surface area contributed by atoms with Crippen LogP contribution in [0.2, 0.25) is 0 Å². The quantitative estimate of drug-likeness (QED) is 0.145. The van der Waals surface area contributed by atoms with Gasteiger partial charge < -0.3 is 0 Å². The molecule has 0 amide bonds. The van der Waals surface area contributed by atoms with Gasteiger partial charge in [-0.2, -0.15) is 116 Å². The number of hydrogen-bond acceptors (Lipinski definition) is 7. The second-order valence-corrected chi connectivity index (χ2v) is 14.4. The number of benzene rings is 4. The average molecular weight is 990 g/mol. The molecule has 0 spiro atoms. The lowest BCUT2D eigenvalue weighted by Gasteiger charge is -2.23. The van der Waals surface area contributed by atoms with Crippen LogP contribution in [0.15, 0.2) is 65.7 Å². The van der Waals surface area contributed by atoms with E-state index in [0.717, 1.165) is 0 Å². The third-order valence-corrected chi connectivity index (χ3v) is 10.5. The van der Waals surface area contributed by atoms with E-state index in [1.54, 1.807) is 0 Å². The molecule has 4 aromatic rings. The average Bonchev–Trinajstić information content (AvgIpc) is 3.77. The zero-order valence-corrected chi connectivity index (χ0v) is 33.1. The Hall–Kier alpha value is -8.99. The van der Waals surface area contributed by atoms with Crippen LogP contribution < -0.4 is 0 Å². The normalized spacial score (nSPS) is 13.9. The molecule has 0 heterocycles. The van der Waals surface area contributed by atoms with Crippen LogP contribution in [0.5, 0.6) is 0 Å². The Labute approximate surface area is 377 Å². The lowest BCUT2D eigenvalue weighted by atomic mass is 9.79. The van der Waals surface area contributed by atoms with E-state index in [0.29, 0.717) is 0 Å². The van der Waals surface area contributed by atoms with Gasteiger partial charge in [-0.15, -0.1) is 0 Å². The lowest BCUT2D eigenvalue weighted by molar-refractivity contribution is -0.162. The van der Waals surface area contributed by atoms with Gasteiger partial charge in [0.25, 0.3) is 0 Å². The fraction of sp³-hybridized carbons (Fsp3) is 0.133. The molecule has 0 radical (unpaired) electrons. The van der Waals surface area contributed by atoms with Gasteiger partial charge in [0.1, 0.15) is 53.6 Å². The lowest BCUT2D eigenvalue weighted by Crippen LogP contribution is -2.16. The SMILES string of the molecule is N#CC(C#N)=C1C(c2cc(C(F)(F)F)cc(C(F)(F)F)c2)=C(C#N)c2c(C#N)c3c(c(-c4ccc(C(F)(F)F)c(C(F)(F)F)c4)c21)C(=C(C#N)C#N)C(c1cc(C(F)(F)F)cc(C(F)(F)F)c1)=C3C#N. The minimum absolute atomic E-state index is 0.0845. The van der Waals surface area contributed by atoms with E-state index < -0.39 is 177 Å². The Kier molecular flexibility index (Phi) is 12.0. The number of rotatable bonds is 3. The summed E-state index contributed by atoms with van der Waals surface area (Å²) in [6.45, 7) is 0. The van der Waals surface area contributed by atoms with Gasteiger partial charge in [-0.25, -0.2) is 0 Å². The van der Waals surface area contributed by atoms with E-state index >= 15 is 0 Å². The smallest absolute Gasteiger partial charge is 0.192 e. The molecular weight excluding hydrogens is 981 g/mol. The Morgan fingerprint density at radius 3 is 0.914 bits per heavy atom. The molecule has 6 rings (SSSR count). The van der Waals surface area contributed by atoms with Gasteiger partial charge in [0.2, 0.25) is 0 Å². The van der Waals surface area contributed by atoms with Crippen LogP contribution in [0, 0.1) is 79.3 Å². The molecule has 7 nitrogen and oxygen atoms in total. The van der Waals surface area contributed by atoms with Crippen LogP contribution in [-0.4, -0.2) is 0 Å². The molecule has 0 aliphatic heterocycles.